The van der Waals surface area contributed by atoms with Crippen LogP contribution in [0, 0.1) is 0 Å². The lowest BCUT2D eigenvalue weighted by Crippen LogP contribution is -2.10. The minimum absolute atomic E-state index is 1.01. The van der Waals surface area contributed by atoms with Gasteiger partial charge in [0.25, 0.3) is 0 Å². The summed E-state index contributed by atoms with van der Waals surface area (Å²) >= 11 is 1.51. The molecule has 0 radical (unpaired) electrons. The van der Waals surface area contributed by atoms with Crippen molar-refractivity contribution in [2.45, 2.75) is 13.0 Å². The number of hydrogen-bond donors (Lipinski definition) is 0. The number of nitrogens with zero attached hydrogens (tertiary/aromatic N) is 1. The quantitative estimate of drug-likeness (QED) is 0.545. The van der Waals surface area contributed by atoms with Gasteiger partial charge in [0, 0.05) is 12.3 Å². The highest BCUT2D eigenvalue weighted by Crippen LogP contribution is 2.10. The van der Waals surface area contributed by atoms with Crippen LogP contribution < -0.4 is 0 Å². The summed E-state index contributed by atoms with van der Waals surface area (Å²) in [6.07, 6.45) is 1.07. The Kier molecular flexibility index (Phi) is 5.76. The molecule has 0 bridgehead atoms. The molecule has 0 saturated carbocycles. The predicted molar refractivity (Wildman–Crippen MR) is 67.0 cm³/mol. The van der Waals surface area contributed by atoms with Gasteiger partial charge in [-0.15, -0.1) is 0 Å². The zero-order valence-corrected chi connectivity index (χ0v) is 10.5. The topological polar surface area (TPSA) is 12.5 Å². The van der Waals surface area contributed by atoms with Crippen LogP contribution in [0.25, 0.3) is 0 Å². The lowest BCUT2D eigenvalue weighted by Gasteiger charge is -2.10. The number of hydrogen-bond acceptors (Lipinski definition) is 3. The first-order valence-electron chi connectivity index (χ1n) is 5.10. The molecule has 1 aromatic rings. The third kappa shape index (κ3) is 5.21. The first-order valence-corrected chi connectivity index (χ1v) is 6.01. The van der Waals surface area contributed by atoms with E-state index < -0.39 is 0 Å². The molecular formula is C12H19NOS. The van der Waals surface area contributed by atoms with Crippen LogP contribution in [-0.2, 0) is 17.1 Å². The summed E-state index contributed by atoms with van der Waals surface area (Å²) in [6, 6.07) is 8.75. The van der Waals surface area contributed by atoms with Crippen molar-refractivity contribution in [2.75, 3.05) is 27.0 Å². The summed E-state index contributed by atoms with van der Waals surface area (Å²) in [5, 5.41) is 0. The molecule has 0 aliphatic rings. The predicted octanol–water partition coefficient (Wildman–Crippen LogP) is 2.59. The molecule has 0 aliphatic carbocycles. The van der Waals surface area contributed by atoms with E-state index in [1.807, 2.05) is 0 Å². The van der Waals surface area contributed by atoms with Gasteiger partial charge in [-0.3, -0.25) is 0 Å². The van der Waals surface area contributed by atoms with Crippen LogP contribution in [0.4, 0.5) is 0 Å². The Hall–Kier alpha value is -0.510. The van der Waals surface area contributed by atoms with Gasteiger partial charge in [-0.05, 0) is 43.7 Å². The smallest absolute Gasteiger partial charge is 0.0503 e. The van der Waals surface area contributed by atoms with E-state index in [9.17, 15) is 0 Å². The van der Waals surface area contributed by atoms with Gasteiger partial charge in [-0.25, -0.2) is 0 Å². The summed E-state index contributed by atoms with van der Waals surface area (Å²) in [7, 11) is 5.90. The van der Waals surface area contributed by atoms with Crippen LogP contribution in [0.3, 0.4) is 0 Å². The van der Waals surface area contributed by atoms with Crippen molar-refractivity contribution in [2.24, 2.45) is 0 Å². The Bertz CT molecular complexity index is 289. The maximum Gasteiger partial charge on any atom is 0.0503 e. The van der Waals surface area contributed by atoms with Crippen molar-refractivity contribution >= 4 is 12.0 Å². The number of aryl methyl sites for hydroxylation is 1. The molecule has 1 aromatic carbocycles. The zero-order valence-electron chi connectivity index (χ0n) is 9.69. The molecule has 0 saturated heterocycles. The first kappa shape index (κ1) is 12.6. The van der Waals surface area contributed by atoms with Gasteiger partial charge < -0.3 is 9.08 Å². The fraction of sp³-hybridized carbons (Fsp3) is 0.500. The standard InChI is InChI=1S/C12H19NOS/c1-13(2)10-12-6-4-5-11(9-12)7-8-15-14-3/h4-6,9H,7-8,10H2,1-3H3. The van der Waals surface area contributed by atoms with Crippen LogP contribution in [0.1, 0.15) is 11.1 Å². The molecule has 0 aromatic heterocycles. The summed E-state index contributed by atoms with van der Waals surface area (Å²) in [6.45, 7) is 1.01. The van der Waals surface area contributed by atoms with Crippen LogP contribution in [0.2, 0.25) is 0 Å². The summed E-state index contributed by atoms with van der Waals surface area (Å²) in [4.78, 5) is 2.18. The average molecular weight is 225 g/mol. The van der Waals surface area contributed by atoms with E-state index in [4.69, 9.17) is 4.18 Å². The molecule has 0 fully saturated rings. The maximum absolute atomic E-state index is 4.97. The van der Waals surface area contributed by atoms with E-state index in [1.54, 1.807) is 7.11 Å². The third-order valence-electron chi connectivity index (χ3n) is 2.08. The fourth-order valence-electron chi connectivity index (χ4n) is 1.49. The third-order valence-corrected chi connectivity index (χ3v) is 2.69. The van der Waals surface area contributed by atoms with Crippen molar-refractivity contribution in [1.82, 2.24) is 4.90 Å². The van der Waals surface area contributed by atoms with E-state index in [-0.39, 0.29) is 0 Å². The maximum atomic E-state index is 4.97. The lowest BCUT2D eigenvalue weighted by atomic mass is 10.1. The summed E-state index contributed by atoms with van der Waals surface area (Å²) in [5.41, 5.74) is 2.76. The average Bonchev–Trinajstić information content (AvgIpc) is 2.18. The molecule has 0 atom stereocenters. The van der Waals surface area contributed by atoms with E-state index in [0.29, 0.717) is 0 Å². The molecule has 2 nitrogen and oxygen atoms in total. The fourth-order valence-corrected chi connectivity index (χ4v) is 1.98. The summed E-state index contributed by atoms with van der Waals surface area (Å²) < 4.78 is 4.97. The van der Waals surface area contributed by atoms with Gasteiger partial charge in [-0.1, -0.05) is 24.3 Å². The van der Waals surface area contributed by atoms with Gasteiger partial charge in [0.05, 0.1) is 7.11 Å². The van der Waals surface area contributed by atoms with Crippen molar-refractivity contribution < 1.29 is 4.18 Å². The highest BCUT2D eigenvalue weighted by atomic mass is 32.2. The van der Waals surface area contributed by atoms with Gasteiger partial charge >= 0.3 is 0 Å². The summed E-state index contributed by atoms with van der Waals surface area (Å²) in [5.74, 6) is 1.02. The lowest BCUT2D eigenvalue weighted by molar-refractivity contribution is 0.402. The van der Waals surface area contributed by atoms with Crippen molar-refractivity contribution in [3.63, 3.8) is 0 Å². The van der Waals surface area contributed by atoms with E-state index >= 15 is 0 Å². The van der Waals surface area contributed by atoms with Crippen molar-refractivity contribution in [3.8, 4) is 0 Å². The monoisotopic (exact) mass is 225 g/mol. The number of benzene rings is 1. The molecule has 0 amide bonds. The van der Waals surface area contributed by atoms with Gasteiger partial charge in [-0.2, -0.15) is 0 Å². The minimum atomic E-state index is 1.01. The molecule has 3 heteroatoms. The number of rotatable bonds is 6. The van der Waals surface area contributed by atoms with E-state index in [1.165, 1.54) is 23.2 Å². The molecular weight excluding hydrogens is 206 g/mol. The molecule has 0 heterocycles. The van der Waals surface area contributed by atoms with Gasteiger partial charge in [0.1, 0.15) is 0 Å². The van der Waals surface area contributed by atoms with Crippen LogP contribution in [0.15, 0.2) is 24.3 Å². The molecule has 0 N–H and O–H groups in total. The minimum Gasteiger partial charge on any atom is -0.319 e. The Morgan fingerprint density at radius 3 is 2.67 bits per heavy atom. The molecule has 84 valence electrons. The Morgan fingerprint density at radius 1 is 1.27 bits per heavy atom. The molecule has 0 spiro atoms. The second-order valence-electron chi connectivity index (χ2n) is 3.80. The molecule has 0 unspecified atom stereocenters. The highest BCUT2D eigenvalue weighted by molar-refractivity contribution is 7.94. The normalized spacial score (nSPS) is 10.9. The molecule has 15 heavy (non-hydrogen) atoms. The van der Waals surface area contributed by atoms with Gasteiger partial charge in [0.15, 0.2) is 0 Å². The van der Waals surface area contributed by atoms with Crippen LogP contribution in [-0.4, -0.2) is 31.9 Å². The Labute approximate surface area is 96.8 Å². The zero-order chi connectivity index (χ0) is 11.1. The molecule has 1 rings (SSSR count). The van der Waals surface area contributed by atoms with E-state index in [0.717, 1.165) is 18.7 Å². The second kappa shape index (κ2) is 6.88. The largest absolute Gasteiger partial charge is 0.319 e. The highest BCUT2D eigenvalue weighted by Gasteiger charge is 1.98. The Morgan fingerprint density at radius 2 is 2.00 bits per heavy atom. The SMILES string of the molecule is COSCCc1cccc(CN(C)C)c1. The second-order valence-corrected chi connectivity index (χ2v) is 4.77. The van der Waals surface area contributed by atoms with Gasteiger partial charge in [0.2, 0.25) is 0 Å². The Balaban J connectivity index is 2.50. The van der Waals surface area contributed by atoms with E-state index in [2.05, 4.69) is 43.3 Å². The van der Waals surface area contributed by atoms with Crippen molar-refractivity contribution in [3.05, 3.63) is 35.4 Å². The van der Waals surface area contributed by atoms with Crippen LogP contribution in [0.5, 0.6) is 0 Å². The van der Waals surface area contributed by atoms with Crippen LogP contribution >= 0.6 is 12.0 Å². The van der Waals surface area contributed by atoms with Crippen molar-refractivity contribution in [1.29, 1.82) is 0 Å². The molecule has 0 aliphatic heterocycles. The first-order chi connectivity index (χ1) is 7.22.